The van der Waals surface area contributed by atoms with Crippen molar-refractivity contribution in [2.75, 3.05) is 14.2 Å². The van der Waals surface area contributed by atoms with E-state index in [1.165, 1.54) is 0 Å². The van der Waals surface area contributed by atoms with Crippen LogP contribution in [0.1, 0.15) is 5.69 Å². The van der Waals surface area contributed by atoms with Crippen LogP contribution in [0.4, 0.5) is 0 Å². The van der Waals surface area contributed by atoms with Gasteiger partial charge in [0.2, 0.25) is 5.89 Å². The number of benzene rings is 2. The van der Waals surface area contributed by atoms with Crippen molar-refractivity contribution >= 4 is 22.0 Å². The minimum atomic E-state index is 0.552. The lowest BCUT2D eigenvalue weighted by molar-refractivity contribution is 0.415. The van der Waals surface area contributed by atoms with E-state index in [-0.39, 0.29) is 0 Å². The van der Waals surface area contributed by atoms with E-state index < -0.39 is 0 Å². The van der Waals surface area contributed by atoms with Gasteiger partial charge in [0, 0.05) is 22.7 Å². The third-order valence-corrected chi connectivity index (χ3v) is 4.00. The number of ether oxygens (including phenoxy) is 2. The first-order valence-electron chi connectivity index (χ1n) is 7.59. The lowest BCUT2D eigenvalue weighted by atomic mass is 10.1. The van der Waals surface area contributed by atoms with Crippen LogP contribution in [0.5, 0.6) is 11.5 Å². The van der Waals surface area contributed by atoms with Crippen molar-refractivity contribution in [2.45, 2.75) is 6.92 Å². The molecule has 0 saturated heterocycles. The highest BCUT2D eigenvalue weighted by Gasteiger charge is 2.15. The molecular formula is C19H16N2O3. The van der Waals surface area contributed by atoms with Crippen molar-refractivity contribution in [1.29, 1.82) is 0 Å². The summed E-state index contributed by atoms with van der Waals surface area (Å²) in [6, 6.07) is 13.4. The van der Waals surface area contributed by atoms with Crippen LogP contribution < -0.4 is 9.47 Å². The Morgan fingerprint density at radius 2 is 1.79 bits per heavy atom. The maximum atomic E-state index is 5.93. The van der Waals surface area contributed by atoms with E-state index in [1.807, 2.05) is 49.4 Å². The van der Waals surface area contributed by atoms with Gasteiger partial charge in [0.15, 0.2) is 5.58 Å². The summed E-state index contributed by atoms with van der Waals surface area (Å²) < 4.78 is 16.6. The molecule has 24 heavy (non-hydrogen) atoms. The van der Waals surface area contributed by atoms with Crippen LogP contribution in [0.2, 0.25) is 0 Å². The molecule has 2 aromatic carbocycles. The highest BCUT2D eigenvalue weighted by atomic mass is 16.5. The van der Waals surface area contributed by atoms with Crippen LogP contribution in [0.3, 0.4) is 0 Å². The molecule has 2 heterocycles. The lowest BCUT2D eigenvalue weighted by Gasteiger charge is -2.08. The molecule has 5 nitrogen and oxygen atoms in total. The Morgan fingerprint density at radius 1 is 0.917 bits per heavy atom. The molecule has 0 radical (unpaired) electrons. The summed E-state index contributed by atoms with van der Waals surface area (Å²) in [6.45, 7) is 1.96. The number of pyridine rings is 1. The summed E-state index contributed by atoms with van der Waals surface area (Å²) in [5, 5.41) is 0.943. The molecule has 0 atom stereocenters. The topological polar surface area (TPSA) is 57.4 Å². The molecule has 4 rings (SSSR count). The third kappa shape index (κ3) is 2.25. The zero-order chi connectivity index (χ0) is 16.7. The standard InChI is InChI=1S/C19H16N2O3/c1-11-4-6-13-14(7-9-17(23-3)18(13)20-11)19-21-15-10-12(22-2)5-8-16(15)24-19/h4-10H,1-3H3. The molecule has 0 N–H and O–H groups in total. The highest BCUT2D eigenvalue weighted by Crippen LogP contribution is 2.35. The number of hydrogen-bond donors (Lipinski definition) is 0. The van der Waals surface area contributed by atoms with Crippen LogP contribution in [-0.4, -0.2) is 24.2 Å². The molecule has 120 valence electrons. The maximum absolute atomic E-state index is 5.93. The summed E-state index contributed by atoms with van der Waals surface area (Å²) in [5.41, 5.74) is 4.09. The van der Waals surface area contributed by atoms with Crippen molar-refractivity contribution < 1.29 is 13.9 Å². The first kappa shape index (κ1) is 14.5. The van der Waals surface area contributed by atoms with Gasteiger partial charge >= 0.3 is 0 Å². The number of oxazole rings is 1. The van der Waals surface area contributed by atoms with E-state index >= 15 is 0 Å². The summed E-state index contributed by atoms with van der Waals surface area (Å²) in [4.78, 5) is 9.20. The van der Waals surface area contributed by atoms with Gasteiger partial charge in [-0.05, 0) is 37.3 Å². The fraction of sp³-hybridized carbons (Fsp3) is 0.158. The number of aromatic nitrogens is 2. The van der Waals surface area contributed by atoms with E-state index in [9.17, 15) is 0 Å². The Kier molecular flexibility index (Phi) is 3.34. The van der Waals surface area contributed by atoms with Gasteiger partial charge in [-0.2, -0.15) is 0 Å². The molecular weight excluding hydrogens is 304 g/mol. The second kappa shape index (κ2) is 5.53. The Morgan fingerprint density at radius 3 is 2.58 bits per heavy atom. The SMILES string of the molecule is COc1ccc2oc(-c3ccc(OC)c4nc(C)ccc34)nc2c1. The molecule has 4 aromatic rings. The molecule has 0 saturated carbocycles. The number of aryl methyl sites for hydroxylation is 1. The van der Waals surface area contributed by atoms with Crippen molar-refractivity contribution in [3.63, 3.8) is 0 Å². The van der Waals surface area contributed by atoms with Gasteiger partial charge in [-0.3, -0.25) is 0 Å². The number of methoxy groups -OCH3 is 2. The number of hydrogen-bond acceptors (Lipinski definition) is 5. The molecule has 0 bridgehead atoms. The summed E-state index contributed by atoms with van der Waals surface area (Å²) in [5.74, 6) is 2.03. The van der Waals surface area contributed by atoms with Crippen LogP contribution >= 0.6 is 0 Å². The van der Waals surface area contributed by atoms with Crippen molar-refractivity contribution in [2.24, 2.45) is 0 Å². The average molecular weight is 320 g/mol. The minimum absolute atomic E-state index is 0.552. The maximum Gasteiger partial charge on any atom is 0.228 e. The van der Waals surface area contributed by atoms with E-state index in [0.29, 0.717) is 5.89 Å². The first-order chi connectivity index (χ1) is 11.7. The molecule has 0 spiro atoms. The van der Waals surface area contributed by atoms with E-state index in [1.54, 1.807) is 14.2 Å². The smallest absolute Gasteiger partial charge is 0.228 e. The van der Waals surface area contributed by atoms with Gasteiger partial charge in [-0.15, -0.1) is 0 Å². The first-order valence-corrected chi connectivity index (χ1v) is 7.59. The zero-order valence-electron chi connectivity index (χ0n) is 13.7. The van der Waals surface area contributed by atoms with Gasteiger partial charge in [-0.25, -0.2) is 9.97 Å². The molecule has 0 fully saturated rings. The second-order valence-corrected chi connectivity index (χ2v) is 5.52. The van der Waals surface area contributed by atoms with Crippen molar-refractivity contribution in [3.05, 3.63) is 48.2 Å². The number of nitrogens with zero attached hydrogens (tertiary/aromatic N) is 2. The quantitative estimate of drug-likeness (QED) is 0.561. The predicted octanol–water partition coefficient (Wildman–Crippen LogP) is 4.37. The van der Waals surface area contributed by atoms with E-state index in [4.69, 9.17) is 13.9 Å². The van der Waals surface area contributed by atoms with Crippen LogP contribution in [0.15, 0.2) is 46.9 Å². The van der Waals surface area contributed by atoms with Gasteiger partial charge in [0.25, 0.3) is 0 Å². The fourth-order valence-electron chi connectivity index (χ4n) is 2.79. The Bertz CT molecular complexity index is 1050. The molecule has 0 unspecified atom stereocenters. The van der Waals surface area contributed by atoms with Gasteiger partial charge in [0.1, 0.15) is 22.5 Å². The molecule has 0 aliphatic carbocycles. The van der Waals surface area contributed by atoms with Gasteiger partial charge < -0.3 is 13.9 Å². The predicted molar refractivity (Wildman–Crippen MR) is 92.6 cm³/mol. The molecule has 2 aromatic heterocycles. The monoisotopic (exact) mass is 320 g/mol. The minimum Gasteiger partial charge on any atom is -0.497 e. The fourth-order valence-corrected chi connectivity index (χ4v) is 2.79. The second-order valence-electron chi connectivity index (χ2n) is 5.52. The molecule has 5 heteroatoms. The van der Waals surface area contributed by atoms with E-state index in [2.05, 4.69) is 9.97 Å². The van der Waals surface area contributed by atoms with Gasteiger partial charge in [0.05, 0.1) is 14.2 Å². The highest BCUT2D eigenvalue weighted by molar-refractivity contribution is 5.97. The van der Waals surface area contributed by atoms with Gasteiger partial charge in [-0.1, -0.05) is 6.07 Å². The van der Waals surface area contributed by atoms with Crippen molar-refractivity contribution in [3.8, 4) is 23.0 Å². The summed E-state index contributed by atoms with van der Waals surface area (Å²) >= 11 is 0. The normalized spacial score (nSPS) is 11.1. The Balaban J connectivity index is 1.96. The molecule has 0 amide bonds. The van der Waals surface area contributed by atoms with Crippen LogP contribution in [0.25, 0.3) is 33.5 Å². The summed E-state index contributed by atoms with van der Waals surface area (Å²) in [6.07, 6.45) is 0. The van der Waals surface area contributed by atoms with E-state index in [0.717, 1.165) is 44.8 Å². The van der Waals surface area contributed by atoms with Crippen LogP contribution in [0, 0.1) is 6.92 Å². The largest absolute Gasteiger partial charge is 0.497 e. The van der Waals surface area contributed by atoms with Crippen molar-refractivity contribution in [1.82, 2.24) is 9.97 Å². The van der Waals surface area contributed by atoms with Crippen LogP contribution in [-0.2, 0) is 0 Å². The Hall–Kier alpha value is -3.08. The third-order valence-electron chi connectivity index (χ3n) is 4.00. The summed E-state index contributed by atoms with van der Waals surface area (Å²) in [7, 11) is 3.28. The molecule has 0 aliphatic rings. The number of fused-ring (bicyclic) bond motifs is 2. The number of rotatable bonds is 3. The lowest BCUT2D eigenvalue weighted by Crippen LogP contribution is -1.91. The zero-order valence-corrected chi connectivity index (χ0v) is 13.7. The average Bonchev–Trinajstić information content (AvgIpc) is 3.03. The Labute approximate surface area is 138 Å². The molecule has 0 aliphatic heterocycles.